The van der Waals surface area contributed by atoms with Crippen LogP contribution in [0, 0.1) is 5.92 Å². The van der Waals surface area contributed by atoms with Crippen LogP contribution in [0.1, 0.15) is 26.7 Å². The molecule has 3 N–H and O–H groups in total. The van der Waals surface area contributed by atoms with Crippen LogP contribution in [-0.4, -0.2) is 31.2 Å². The zero-order chi connectivity index (χ0) is 12.2. The summed E-state index contributed by atoms with van der Waals surface area (Å²) >= 11 is 0. The molecule has 1 saturated carbocycles. The lowest BCUT2D eigenvalue weighted by Gasteiger charge is -2.23. The molecule has 4 heteroatoms. The molecule has 1 unspecified atom stereocenters. The standard InChI is InChI=1S/C12H22N2O2/c1-9(2)8-16-7-6-14-11(15)12(3,13)10-4-5-10/h10H,1,4-8,13H2,2-3H3,(H,14,15). The quantitative estimate of drug-likeness (QED) is 0.499. The second kappa shape index (κ2) is 5.46. The first-order valence-corrected chi connectivity index (χ1v) is 5.74. The number of rotatable bonds is 7. The Hall–Kier alpha value is -0.870. The van der Waals surface area contributed by atoms with Crippen LogP contribution in [-0.2, 0) is 9.53 Å². The van der Waals surface area contributed by atoms with Gasteiger partial charge in [0.2, 0.25) is 5.91 Å². The van der Waals surface area contributed by atoms with Crippen molar-refractivity contribution < 1.29 is 9.53 Å². The third-order valence-corrected chi connectivity index (χ3v) is 2.80. The maximum absolute atomic E-state index is 11.7. The topological polar surface area (TPSA) is 64.3 Å². The Morgan fingerprint density at radius 1 is 1.62 bits per heavy atom. The monoisotopic (exact) mass is 226 g/mol. The zero-order valence-electron chi connectivity index (χ0n) is 10.2. The van der Waals surface area contributed by atoms with Crippen LogP contribution < -0.4 is 11.1 Å². The van der Waals surface area contributed by atoms with Gasteiger partial charge < -0.3 is 15.8 Å². The SMILES string of the molecule is C=C(C)COCCNC(=O)C(C)(N)C1CC1. The normalized spacial score (nSPS) is 18.9. The van der Waals surface area contributed by atoms with Gasteiger partial charge in [-0.3, -0.25) is 4.79 Å². The summed E-state index contributed by atoms with van der Waals surface area (Å²) in [4.78, 5) is 11.7. The van der Waals surface area contributed by atoms with Crippen LogP contribution in [0.3, 0.4) is 0 Å². The molecule has 0 saturated heterocycles. The first-order chi connectivity index (χ1) is 7.44. The third kappa shape index (κ3) is 3.94. The molecule has 1 fully saturated rings. The van der Waals surface area contributed by atoms with Gasteiger partial charge in [-0.2, -0.15) is 0 Å². The van der Waals surface area contributed by atoms with E-state index in [-0.39, 0.29) is 5.91 Å². The number of nitrogens with two attached hydrogens (primary N) is 1. The minimum absolute atomic E-state index is 0.0751. The van der Waals surface area contributed by atoms with Crippen molar-refractivity contribution in [1.29, 1.82) is 0 Å². The van der Waals surface area contributed by atoms with Crippen LogP contribution in [0.4, 0.5) is 0 Å². The van der Waals surface area contributed by atoms with Crippen molar-refractivity contribution in [2.45, 2.75) is 32.2 Å². The van der Waals surface area contributed by atoms with E-state index >= 15 is 0 Å². The van der Waals surface area contributed by atoms with Crippen LogP contribution >= 0.6 is 0 Å². The molecule has 4 nitrogen and oxygen atoms in total. The molecule has 0 aromatic rings. The highest BCUT2D eigenvalue weighted by Gasteiger charge is 2.43. The molecule has 92 valence electrons. The Morgan fingerprint density at radius 3 is 2.75 bits per heavy atom. The predicted molar refractivity (Wildman–Crippen MR) is 64.0 cm³/mol. The van der Waals surface area contributed by atoms with E-state index < -0.39 is 5.54 Å². The fourth-order valence-corrected chi connectivity index (χ4v) is 1.54. The lowest BCUT2D eigenvalue weighted by Crippen LogP contribution is -2.53. The van der Waals surface area contributed by atoms with E-state index in [0.717, 1.165) is 18.4 Å². The second-order valence-corrected chi connectivity index (χ2v) is 4.82. The van der Waals surface area contributed by atoms with Crippen molar-refractivity contribution in [2.75, 3.05) is 19.8 Å². The van der Waals surface area contributed by atoms with E-state index in [1.54, 1.807) is 6.92 Å². The summed E-state index contributed by atoms with van der Waals surface area (Å²) in [7, 11) is 0. The highest BCUT2D eigenvalue weighted by atomic mass is 16.5. The lowest BCUT2D eigenvalue weighted by molar-refractivity contribution is -0.126. The molecule has 0 spiro atoms. The van der Waals surface area contributed by atoms with E-state index in [4.69, 9.17) is 10.5 Å². The van der Waals surface area contributed by atoms with Crippen LogP contribution in [0.5, 0.6) is 0 Å². The summed E-state index contributed by atoms with van der Waals surface area (Å²) in [6, 6.07) is 0. The highest BCUT2D eigenvalue weighted by Crippen LogP contribution is 2.37. The molecule has 1 amide bonds. The first-order valence-electron chi connectivity index (χ1n) is 5.74. The molecule has 1 aliphatic rings. The van der Waals surface area contributed by atoms with Crippen molar-refractivity contribution in [3.05, 3.63) is 12.2 Å². The number of hydrogen-bond donors (Lipinski definition) is 2. The summed E-state index contributed by atoms with van der Waals surface area (Å²) < 4.78 is 5.28. The highest BCUT2D eigenvalue weighted by molar-refractivity contribution is 5.86. The fourth-order valence-electron chi connectivity index (χ4n) is 1.54. The zero-order valence-corrected chi connectivity index (χ0v) is 10.2. The Morgan fingerprint density at radius 2 is 2.25 bits per heavy atom. The molecular formula is C12H22N2O2. The second-order valence-electron chi connectivity index (χ2n) is 4.82. The number of ether oxygens (including phenoxy) is 1. The van der Waals surface area contributed by atoms with Gasteiger partial charge in [0, 0.05) is 6.54 Å². The maximum atomic E-state index is 11.7. The molecule has 0 bridgehead atoms. The molecule has 0 aromatic carbocycles. The Labute approximate surface area is 97.2 Å². The Kier molecular flexibility index (Phi) is 4.50. The summed E-state index contributed by atoms with van der Waals surface area (Å²) in [5.41, 5.74) is 6.23. The summed E-state index contributed by atoms with van der Waals surface area (Å²) in [6.07, 6.45) is 2.12. The molecule has 0 radical (unpaired) electrons. The molecule has 1 atom stereocenters. The first kappa shape index (κ1) is 13.2. The van der Waals surface area contributed by atoms with Crippen molar-refractivity contribution in [2.24, 2.45) is 11.7 Å². The minimum Gasteiger partial charge on any atom is -0.375 e. The average Bonchev–Trinajstić information content (AvgIpc) is 2.99. The van der Waals surface area contributed by atoms with Crippen LogP contribution in [0.15, 0.2) is 12.2 Å². The van der Waals surface area contributed by atoms with Crippen molar-refractivity contribution in [3.8, 4) is 0 Å². The molecule has 1 aliphatic carbocycles. The van der Waals surface area contributed by atoms with Crippen molar-refractivity contribution in [3.63, 3.8) is 0 Å². The number of hydrogen-bond acceptors (Lipinski definition) is 3. The van der Waals surface area contributed by atoms with E-state index in [2.05, 4.69) is 11.9 Å². The molecular weight excluding hydrogens is 204 g/mol. The van der Waals surface area contributed by atoms with Gasteiger partial charge in [-0.25, -0.2) is 0 Å². The van der Waals surface area contributed by atoms with E-state index in [0.29, 0.717) is 25.7 Å². The molecule has 16 heavy (non-hydrogen) atoms. The number of nitrogens with one attached hydrogen (secondary N) is 1. The predicted octanol–water partition coefficient (Wildman–Crippen LogP) is 0.823. The van der Waals surface area contributed by atoms with Crippen molar-refractivity contribution >= 4 is 5.91 Å². The lowest BCUT2D eigenvalue weighted by atomic mass is 9.96. The van der Waals surface area contributed by atoms with Gasteiger partial charge in [0.25, 0.3) is 0 Å². The Balaban J connectivity index is 2.12. The number of carbonyl (C=O) groups is 1. The Bertz CT molecular complexity index is 270. The summed E-state index contributed by atoms with van der Waals surface area (Å²) in [6.45, 7) is 8.98. The largest absolute Gasteiger partial charge is 0.375 e. The molecule has 0 aromatic heterocycles. The number of amides is 1. The summed E-state index contributed by atoms with van der Waals surface area (Å²) in [5, 5.41) is 2.80. The molecule has 0 heterocycles. The van der Waals surface area contributed by atoms with Gasteiger partial charge in [-0.1, -0.05) is 12.2 Å². The minimum atomic E-state index is -0.714. The van der Waals surface area contributed by atoms with Gasteiger partial charge in [0.05, 0.1) is 18.8 Å². The fraction of sp³-hybridized carbons (Fsp3) is 0.750. The summed E-state index contributed by atoms with van der Waals surface area (Å²) in [5.74, 6) is 0.276. The van der Waals surface area contributed by atoms with E-state index in [1.165, 1.54) is 0 Å². The maximum Gasteiger partial charge on any atom is 0.240 e. The third-order valence-electron chi connectivity index (χ3n) is 2.80. The van der Waals surface area contributed by atoms with E-state index in [9.17, 15) is 4.79 Å². The number of carbonyl (C=O) groups excluding carboxylic acids is 1. The average molecular weight is 226 g/mol. The smallest absolute Gasteiger partial charge is 0.240 e. The van der Waals surface area contributed by atoms with Crippen molar-refractivity contribution in [1.82, 2.24) is 5.32 Å². The van der Waals surface area contributed by atoms with Gasteiger partial charge in [0.15, 0.2) is 0 Å². The molecule has 0 aliphatic heterocycles. The van der Waals surface area contributed by atoms with Crippen LogP contribution in [0.2, 0.25) is 0 Å². The van der Waals surface area contributed by atoms with Gasteiger partial charge in [-0.15, -0.1) is 0 Å². The van der Waals surface area contributed by atoms with Gasteiger partial charge in [0.1, 0.15) is 0 Å². The van der Waals surface area contributed by atoms with Gasteiger partial charge >= 0.3 is 0 Å². The van der Waals surface area contributed by atoms with Crippen LogP contribution in [0.25, 0.3) is 0 Å². The van der Waals surface area contributed by atoms with Gasteiger partial charge in [-0.05, 0) is 32.6 Å². The molecule has 1 rings (SSSR count). The van der Waals surface area contributed by atoms with E-state index in [1.807, 2.05) is 6.92 Å².